The van der Waals surface area contributed by atoms with Crippen molar-refractivity contribution < 1.29 is 9.66 Å². The Kier molecular flexibility index (Phi) is 4.50. The molecule has 3 heterocycles. The Morgan fingerprint density at radius 2 is 2.04 bits per heavy atom. The zero-order valence-corrected chi connectivity index (χ0v) is 14.1. The molecule has 0 bridgehead atoms. The number of aromatic nitrogens is 1. The molecule has 4 rings (SSSR count). The van der Waals surface area contributed by atoms with E-state index in [1.807, 2.05) is 12.1 Å². The molecular weight excluding hydrogens is 320 g/mol. The van der Waals surface area contributed by atoms with Gasteiger partial charge in [0.05, 0.1) is 16.9 Å². The topological polar surface area (TPSA) is 80.5 Å². The van der Waals surface area contributed by atoms with E-state index in [4.69, 9.17) is 4.74 Å². The predicted molar refractivity (Wildman–Crippen MR) is 95.8 cm³/mol. The van der Waals surface area contributed by atoms with E-state index in [9.17, 15) is 10.1 Å². The number of hydrogen-bond donors (Lipinski definition) is 1. The van der Waals surface area contributed by atoms with Crippen molar-refractivity contribution >= 4 is 22.1 Å². The molecule has 1 aromatic carbocycles. The highest BCUT2D eigenvalue weighted by molar-refractivity contribution is 5.99. The van der Waals surface area contributed by atoms with Crippen LogP contribution in [0.1, 0.15) is 19.3 Å². The number of nitro benzene ring substituents is 1. The van der Waals surface area contributed by atoms with Gasteiger partial charge in [0.1, 0.15) is 0 Å². The molecule has 2 aliphatic heterocycles. The van der Waals surface area contributed by atoms with Crippen molar-refractivity contribution in [3.8, 4) is 0 Å². The summed E-state index contributed by atoms with van der Waals surface area (Å²) < 4.78 is 5.49. The largest absolute Gasteiger partial charge is 0.382 e. The van der Waals surface area contributed by atoms with Crippen LogP contribution in [0.3, 0.4) is 0 Å². The van der Waals surface area contributed by atoms with Crippen LogP contribution in [-0.2, 0) is 4.74 Å². The second-order valence-corrected chi connectivity index (χ2v) is 6.78. The smallest absolute Gasteiger partial charge is 0.278 e. The van der Waals surface area contributed by atoms with Crippen LogP contribution < -0.4 is 5.32 Å². The summed E-state index contributed by atoms with van der Waals surface area (Å²) in [6, 6.07) is 6.19. The summed E-state index contributed by atoms with van der Waals surface area (Å²) >= 11 is 0. The first-order valence-corrected chi connectivity index (χ1v) is 8.82. The van der Waals surface area contributed by atoms with Gasteiger partial charge in [-0.1, -0.05) is 0 Å². The van der Waals surface area contributed by atoms with E-state index in [1.165, 1.54) is 0 Å². The number of non-ortho nitro benzene ring substituents is 1. The van der Waals surface area contributed by atoms with Crippen LogP contribution in [0.25, 0.3) is 10.8 Å². The zero-order chi connectivity index (χ0) is 17.2. The van der Waals surface area contributed by atoms with Gasteiger partial charge in [-0.15, -0.1) is 0 Å². The van der Waals surface area contributed by atoms with Crippen LogP contribution in [0, 0.1) is 10.1 Å². The molecular formula is C18H22N4O3. The molecule has 0 radical (unpaired) electrons. The van der Waals surface area contributed by atoms with Crippen molar-refractivity contribution in [1.82, 2.24) is 9.88 Å². The Bertz CT molecular complexity index is 768. The number of benzene rings is 1. The van der Waals surface area contributed by atoms with Gasteiger partial charge in [-0.3, -0.25) is 20.0 Å². The normalized spacial score (nSPS) is 22.3. The van der Waals surface area contributed by atoms with Gasteiger partial charge in [0.2, 0.25) is 0 Å². The maximum atomic E-state index is 11.2. The first-order chi connectivity index (χ1) is 12.2. The molecule has 7 nitrogen and oxygen atoms in total. The number of hydrogen-bond acceptors (Lipinski definition) is 6. The van der Waals surface area contributed by atoms with Gasteiger partial charge in [-0.2, -0.15) is 0 Å². The molecule has 2 fully saturated rings. The van der Waals surface area contributed by atoms with Crippen molar-refractivity contribution in [1.29, 1.82) is 0 Å². The molecule has 1 unspecified atom stereocenters. The lowest BCUT2D eigenvalue weighted by atomic mass is 10.0. The minimum Gasteiger partial charge on any atom is -0.382 e. The van der Waals surface area contributed by atoms with E-state index in [2.05, 4.69) is 15.2 Å². The van der Waals surface area contributed by atoms with E-state index in [1.54, 1.807) is 18.5 Å². The van der Waals surface area contributed by atoms with Gasteiger partial charge in [0.25, 0.3) is 5.69 Å². The second kappa shape index (κ2) is 6.93. The third kappa shape index (κ3) is 3.29. The van der Waals surface area contributed by atoms with Gasteiger partial charge >= 0.3 is 0 Å². The average Bonchev–Trinajstić information content (AvgIpc) is 3.17. The molecule has 25 heavy (non-hydrogen) atoms. The SMILES string of the molecule is O=[N+]([O-])c1ccc(NC2CCN(C3CCOC3)CC2)c2ccncc12. The van der Waals surface area contributed by atoms with E-state index in [0.29, 0.717) is 17.5 Å². The predicted octanol–water partition coefficient (Wildman–Crippen LogP) is 2.81. The van der Waals surface area contributed by atoms with Gasteiger partial charge < -0.3 is 10.1 Å². The maximum absolute atomic E-state index is 11.2. The molecule has 2 saturated heterocycles. The van der Waals surface area contributed by atoms with Crippen LogP contribution in [-0.4, -0.2) is 53.2 Å². The minimum atomic E-state index is -0.351. The summed E-state index contributed by atoms with van der Waals surface area (Å²) in [5, 5.41) is 16.3. The third-order valence-corrected chi connectivity index (χ3v) is 5.30. The monoisotopic (exact) mass is 342 g/mol. The quantitative estimate of drug-likeness (QED) is 0.680. The summed E-state index contributed by atoms with van der Waals surface area (Å²) in [7, 11) is 0. The Morgan fingerprint density at radius 1 is 1.20 bits per heavy atom. The van der Waals surface area contributed by atoms with Crippen molar-refractivity contribution in [2.75, 3.05) is 31.6 Å². The zero-order valence-electron chi connectivity index (χ0n) is 14.1. The average molecular weight is 342 g/mol. The van der Waals surface area contributed by atoms with Crippen molar-refractivity contribution in [2.24, 2.45) is 0 Å². The Morgan fingerprint density at radius 3 is 2.76 bits per heavy atom. The Labute approximate surface area is 146 Å². The number of rotatable bonds is 4. The highest BCUT2D eigenvalue weighted by Gasteiger charge is 2.28. The first kappa shape index (κ1) is 16.2. The standard InChI is InChI=1S/C18H22N4O3/c23-22(24)18-2-1-17(15-3-7-19-11-16(15)18)20-13-4-8-21(9-5-13)14-6-10-25-12-14/h1-3,7,11,13-14,20H,4-6,8-10,12H2. The molecule has 0 aliphatic carbocycles. The van der Waals surface area contributed by atoms with Gasteiger partial charge in [0, 0.05) is 61.3 Å². The van der Waals surface area contributed by atoms with Crippen LogP contribution in [0.4, 0.5) is 11.4 Å². The minimum absolute atomic E-state index is 0.102. The fourth-order valence-electron chi connectivity index (χ4n) is 3.90. The summed E-state index contributed by atoms with van der Waals surface area (Å²) in [6.07, 6.45) is 6.53. The Hall–Kier alpha value is -2.25. The van der Waals surface area contributed by atoms with Crippen LogP contribution in [0.2, 0.25) is 0 Å². The summed E-state index contributed by atoms with van der Waals surface area (Å²) in [4.78, 5) is 17.4. The molecule has 1 atom stereocenters. The van der Waals surface area contributed by atoms with Crippen molar-refractivity contribution in [2.45, 2.75) is 31.3 Å². The number of anilines is 1. The van der Waals surface area contributed by atoms with Crippen LogP contribution in [0.5, 0.6) is 0 Å². The number of likely N-dealkylation sites (tertiary alicyclic amines) is 1. The van der Waals surface area contributed by atoms with E-state index < -0.39 is 0 Å². The highest BCUT2D eigenvalue weighted by Crippen LogP contribution is 2.32. The molecule has 2 aromatic rings. The van der Waals surface area contributed by atoms with Gasteiger partial charge in [0.15, 0.2) is 0 Å². The number of fused-ring (bicyclic) bond motifs is 1. The number of piperidine rings is 1. The molecule has 132 valence electrons. The lowest BCUT2D eigenvalue weighted by Crippen LogP contribution is -2.44. The van der Waals surface area contributed by atoms with E-state index in [-0.39, 0.29) is 10.6 Å². The van der Waals surface area contributed by atoms with E-state index >= 15 is 0 Å². The molecule has 1 N–H and O–H groups in total. The molecule has 7 heteroatoms. The number of nitro groups is 1. The lowest BCUT2D eigenvalue weighted by molar-refractivity contribution is -0.383. The van der Waals surface area contributed by atoms with Crippen molar-refractivity contribution in [3.63, 3.8) is 0 Å². The second-order valence-electron chi connectivity index (χ2n) is 6.78. The van der Waals surface area contributed by atoms with Gasteiger partial charge in [-0.25, -0.2) is 0 Å². The molecule has 1 aromatic heterocycles. The number of ether oxygens (including phenoxy) is 1. The molecule has 0 spiro atoms. The van der Waals surface area contributed by atoms with Gasteiger partial charge in [-0.05, 0) is 31.4 Å². The number of nitrogens with one attached hydrogen (secondary N) is 1. The summed E-state index contributed by atoms with van der Waals surface area (Å²) in [5.41, 5.74) is 1.05. The highest BCUT2D eigenvalue weighted by atomic mass is 16.6. The third-order valence-electron chi connectivity index (χ3n) is 5.30. The number of nitrogens with zero attached hydrogens (tertiary/aromatic N) is 3. The fourth-order valence-corrected chi connectivity index (χ4v) is 3.90. The van der Waals surface area contributed by atoms with E-state index in [0.717, 1.165) is 56.6 Å². The Balaban J connectivity index is 1.48. The first-order valence-electron chi connectivity index (χ1n) is 8.82. The maximum Gasteiger partial charge on any atom is 0.278 e. The summed E-state index contributed by atoms with van der Waals surface area (Å²) in [6.45, 7) is 3.88. The molecule has 0 saturated carbocycles. The van der Waals surface area contributed by atoms with Crippen molar-refractivity contribution in [3.05, 3.63) is 40.7 Å². The molecule has 2 aliphatic rings. The fraction of sp³-hybridized carbons (Fsp3) is 0.500. The number of pyridine rings is 1. The van der Waals surface area contributed by atoms with Crippen LogP contribution in [0.15, 0.2) is 30.6 Å². The lowest BCUT2D eigenvalue weighted by Gasteiger charge is -2.36. The van der Waals surface area contributed by atoms with Crippen LogP contribution >= 0.6 is 0 Å². The molecule has 0 amide bonds. The summed E-state index contributed by atoms with van der Waals surface area (Å²) in [5.74, 6) is 0.